The Hall–Kier alpha value is -1.14. The molecule has 1 rings (SSSR count). The molecule has 1 aliphatic rings. The molecule has 4 N–H and O–H groups in total. The SMILES string of the molecule is CC1=NN(C(=O)NN)C(C)(O)C1. The Bertz CT molecular complexity index is 236. The lowest BCUT2D eigenvalue weighted by Gasteiger charge is -2.25. The van der Waals surface area contributed by atoms with E-state index in [0.717, 1.165) is 5.01 Å². The van der Waals surface area contributed by atoms with E-state index in [1.165, 1.54) is 6.92 Å². The van der Waals surface area contributed by atoms with Crippen molar-refractivity contribution in [1.82, 2.24) is 10.4 Å². The number of carbonyl (C=O) groups excluding carboxylic acids is 1. The Balaban J connectivity index is 2.82. The molecule has 1 heterocycles. The molecule has 0 bridgehead atoms. The number of rotatable bonds is 0. The molecule has 0 radical (unpaired) electrons. The van der Waals surface area contributed by atoms with Gasteiger partial charge in [0.25, 0.3) is 0 Å². The first kappa shape index (κ1) is 8.95. The monoisotopic (exact) mass is 172 g/mol. The fourth-order valence-electron chi connectivity index (χ4n) is 1.20. The van der Waals surface area contributed by atoms with E-state index in [0.29, 0.717) is 12.1 Å². The number of amides is 2. The first-order chi connectivity index (χ1) is 5.47. The molecule has 2 amide bonds. The minimum atomic E-state index is -1.26. The fourth-order valence-corrected chi connectivity index (χ4v) is 1.20. The van der Waals surface area contributed by atoms with Crippen LogP contribution < -0.4 is 11.3 Å². The molecule has 0 fully saturated rings. The van der Waals surface area contributed by atoms with Gasteiger partial charge in [0, 0.05) is 12.1 Å². The van der Waals surface area contributed by atoms with Crippen molar-refractivity contribution >= 4 is 11.7 Å². The van der Waals surface area contributed by atoms with Gasteiger partial charge in [0.15, 0.2) is 5.72 Å². The number of hydrogen-bond donors (Lipinski definition) is 3. The van der Waals surface area contributed by atoms with Crippen molar-refractivity contribution in [3.8, 4) is 0 Å². The summed E-state index contributed by atoms with van der Waals surface area (Å²) in [5.41, 5.74) is 1.34. The third-order valence-electron chi connectivity index (χ3n) is 1.63. The number of nitrogens with two attached hydrogens (primary N) is 1. The normalized spacial score (nSPS) is 28.7. The number of carbonyl (C=O) groups is 1. The average Bonchev–Trinajstić information content (AvgIpc) is 2.23. The van der Waals surface area contributed by atoms with E-state index < -0.39 is 11.8 Å². The number of hydrazine groups is 1. The molecule has 1 aliphatic heterocycles. The molecule has 0 aromatic heterocycles. The van der Waals surface area contributed by atoms with E-state index in [1.54, 1.807) is 6.92 Å². The summed E-state index contributed by atoms with van der Waals surface area (Å²) in [6.45, 7) is 3.24. The zero-order valence-electron chi connectivity index (χ0n) is 7.03. The highest BCUT2D eigenvalue weighted by atomic mass is 16.3. The molecule has 12 heavy (non-hydrogen) atoms. The number of nitrogens with zero attached hydrogens (tertiary/aromatic N) is 2. The molecule has 0 aromatic rings. The summed E-state index contributed by atoms with van der Waals surface area (Å²) in [5.74, 6) is 4.90. The Morgan fingerprint density at radius 3 is 2.83 bits per heavy atom. The second-order valence-electron chi connectivity index (χ2n) is 2.99. The summed E-state index contributed by atoms with van der Waals surface area (Å²) in [6.07, 6.45) is 0.348. The van der Waals surface area contributed by atoms with Crippen molar-refractivity contribution < 1.29 is 9.90 Å². The van der Waals surface area contributed by atoms with Crippen molar-refractivity contribution in [2.24, 2.45) is 10.9 Å². The van der Waals surface area contributed by atoms with Crippen LogP contribution in [0.4, 0.5) is 4.79 Å². The topological polar surface area (TPSA) is 91.0 Å². The summed E-state index contributed by atoms with van der Waals surface area (Å²) in [7, 11) is 0. The highest BCUT2D eigenvalue weighted by Gasteiger charge is 2.38. The molecule has 0 aromatic carbocycles. The third kappa shape index (κ3) is 1.39. The highest BCUT2D eigenvalue weighted by Crippen LogP contribution is 2.23. The summed E-state index contributed by atoms with van der Waals surface area (Å²) < 4.78 is 0. The van der Waals surface area contributed by atoms with E-state index in [1.807, 2.05) is 5.43 Å². The van der Waals surface area contributed by atoms with Crippen molar-refractivity contribution in [2.45, 2.75) is 26.0 Å². The van der Waals surface area contributed by atoms with E-state index in [2.05, 4.69) is 5.10 Å². The van der Waals surface area contributed by atoms with Gasteiger partial charge in [-0.05, 0) is 13.8 Å². The number of nitrogens with one attached hydrogen (secondary N) is 1. The van der Waals surface area contributed by atoms with Crippen LogP contribution in [0.2, 0.25) is 0 Å². The predicted molar refractivity (Wildman–Crippen MR) is 42.9 cm³/mol. The number of hydrazone groups is 1. The average molecular weight is 172 g/mol. The molecular formula is C6H12N4O2. The summed E-state index contributed by atoms with van der Waals surface area (Å²) in [6, 6.07) is -0.614. The quantitative estimate of drug-likeness (QED) is 0.258. The first-order valence-corrected chi connectivity index (χ1v) is 3.54. The van der Waals surface area contributed by atoms with Crippen LogP contribution in [-0.4, -0.2) is 27.6 Å². The minimum Gasteiger partial charge on any atom is -0.369 e. The fraction of sp³-hybridized carbons (Fsp3) is 0.667. The highest BCUT2D eigenvalue weighted by molar-refractivity contribution is 5.88. The van der Waals surface area contributed by atoms with Crippen molar-refractivity contribution in [2.75, 3.05) is 0 Å². The van der Waals surface area contributed by atoms with Gasteiger partial charge in [0.05, 0.1) is 0 Å². The molecule has 0 saturated carbocycles. The Morgan fingerprint density at radius 2 is 2.50 bits per heavy atom. The second-order valence-corrected chi connectivity index (χ2v) is 2.99. The van der Waals surface area contributed by atoms with Gasteiger partial charge in [0.2, 0.25) is 0 Å². The Morgan fingerprint density at radius 1 is 1.92 bits per heavy atom. The van der Waals surface area contributed by atoms with E-state index >= 15 is 0 Å². The first-order valence-electron chi connectivity index (χ1n) is 3.54. The molecule has 0 saturated heterocycles. The van der Waals surface area contributed by atoms with E-state index in [-0.39, 0.29) is 0 Å². The largest absolute Gasteiger partial charge is 0.369 e. The molecule has 6 heteroatoms. The third-order valence-corrected chi connectivity index (χ3v) is 1.63. The zero-order chi connectivity index (χ0) is 9.35. The minimum absolute atomic E-state index is 0.348. The van der Waals surface area contributed by atoms with Gasteiger partial charge >= 0.3 is 6.03 Å². The maximum atomic E-state index is 11.0. The lowest BCUT2D eigenvalue weighted by Crippen LogP contribution is -2.49. The maximum Gasteiger partial charge on any atom is 0.354 e. The number of aliphatic hydroxyl groups is 1. The van der Waals surface area contributed by atoms with Gasteiger partial charge in [-0.1, -0.05) is 0 Å². The summed E-state index contributed by atoms with van der Waals surface area (Å²) in [5, 5.41) is 14.4. The van der Waals surface area contributed by atoms with Gasteiger partial charge in [-0.25, -0.2) is 10.6 Å². The van der Waals surface area contributed by atoms with Crippen LogP contribution in [0.15, 0.2) is 5.10 Å². The van der Waals surface area contributed by atoms with Crippen LogP contribution in [0, 0.1) is 0 Å². The van der Waals surface area contributed by atoms with Gasteiger partial charge in [-0.3, -0.25) is 5.43 Å². The molecule has 6 nitrogen and oxygen atoms in total. The molecule has 0 spiro atoms. The second kappa shape index (κ2) is 2.72. The maximum absolute atomic E-state index is 11.0. The van der Waals surface area contributed by atoms with Gasteiger partial charge in [-0.15, -0.1) is 0 Å². The number of urea groups is 1. The Labute approximate surface area is 70.0 Å². The number of hydrogen-bond acceptors (Lipinski definition) is 4. The van der Waals surface area contributed by atoms with Crippen molar-refractivity contribution in [1.29, 1.82) is 0 Å². The molecule has 0 aliphatic carbocycles. The van der Waals surface area contributed by atoms with Gasteiger partial charge in [-0.2, -0.15) is 10.1 Å². The molecule has 68 valence electrons. The van der Waals surface area contributed by atoms with Crippen LogP contribution in [0.1, 0.15) is 20.3 Å². The van der Waals surface area contributed by atoms with Gasteiger partial charge < -0.3 is 5.11 Å². The molecule has 1 unspecified atom stereocenters. The van der Waals surface area contributed by atoms with Crippen molar-refractivity contribution in [3.63, 3.8) is 0 Å². The summed E-state index contributed by atoms with van der Waals surface area (Å²) in [4.78, 5) is 11.0. The Kier molecular flexibility index (Phi) is 2.03. The standard InChI is InChI=1S/C6H12N4O2/c1-4-3-6(2,12)10(9-4)5(11)8-7/h12H,3,7H2,1-2H3,(H,8,11). The van der Waals surface area contributed by atoms with Crippen molar-refractivity contribution in [3.05, 3.63) is 0 Å². The lowest BCUT2D eigenvalue weighted by atomic mass is 10.1. The van der Waals surface area contributed by atoms with Crippen LogP contribution in [0.5, 0.6) is 0 Å². The van der Waals surface area contributed by atoms with Crippen LogP contribution in [-0.2, 0) is 0 Å². The van der Waals surface area contributed by atoms with E-state index in [4.69, 9.17) is 5.84 Å². The van der Waals surface area contributed by atoms with E-state index in [9.17, 15) is 9.90 Å². The van der Waals surface area contributed by atoms with Crippen LogP contribution in [0.3, 0.4) is 0 Å². The van der Waals surface area contributed by atoms with Crippen LogP contribution in [0.25, 0.3) is 0 Å². The van der Waals surface area contributed by atoms with Gasteiger partial charge in [0.1, 0.15) is 0 Å². The predicted octanol–water partition coefficient (Wildman–Crippen LogP) is -0.640. The zero-order valence-corrected chi connectivity index (χ0v) is 7.03. The lowest BCUT2D eigenvalue weighted by molar-refractivity contribution is -0.0469. The molecular weight excluding hydrogens is 160 g/mol. The summed E-state index contributed by atoms with van der Waals surface area (Å²) >= 11 is 0. The van der Waals surface area contributed by atoms with Crippen LogP contribution >= 0.6 is 0 Å². The molecule has 1 atom stereocenters. The smallest absolute Gasteiger partial charge is 0.354 e.